The van der Waals surface area contributed by atoms with Crippen molar-refractivity contribution in [2.45, 2.75) is 6.54 Å². The minimum atomic E-state index is -0.681. The first-order valence-electron chi connectivity index (χ1n) is 6.54. The Morgan fingerprint density at radius 1 is 1.26 bits per heavy atom. The lowest BCUT2D eigenvalue weighted by atomic mass is 10.2. The Morgan fingerprint density at radius 2 is 2.04 bits per heavy atom. The normalized spacial score (nSPS) is 10.5. The third-order valence-corrected chi connectivity index (χ3v) is 2.99. The summed E-state index contributed by atoms with van der Waals surface area (Å²) in [5.41, 5.74) is 0.543. The molecule has 2 aromatic heterocycles. The van der Waals surface area contributed by atoms with Crippen molar-refractivity contribution in [3.05, 3.63) is 64.5 Å². The Balaban J connectivity index is 1.75. The molecule has 9 heteroatoms. The lowest BCUT2D eigenvalue weighted by Crippen LogP contribution is -2.03. The lowest BCUT2D eigenvalue weighted by molar-refractivity contribution is -0.384. The summed E-state index contributed by atoms with van der Waals surface area (Å²) in [6.45, 7) is 0.0740. The molecular weight excluding hydrogens is 305 g/mol. The van der Waals surface area contributed by atoms with Crippen molar-refractivity contribution in [3.8, 4) is 11.4 Å². The van der Waals surface area contributed by atoms with Crippen LogP contribution < -0.4 is 5.32 Å². The molecule has 0 fully saturated rings. The van der Waals surface area contributed by atoms with Crippen LogP contribution in [0.15, 0.2) is 47.2 Å². The second-order valence-electron chi connectivity index (χ2n) is 4.52. The number of nitro benzene ring substituents is 1. The van der Waals surface area contributed by atoms with Gasteiger partial charge in [-0.05, 0) is 24.3 Å². The highest BCUT2D eigenvalue weighted by molar-refractivity contribution is 5.61. The molecule has 116 valence electrons. The zero-order valence-corrected chi connectivity index (χ0v) is 11.6. The van der Waals surface area contributed by atoms with E-state index in [-0.39, 0.29) is 23.8 Å². The van der Waals surface area contributed by atoms with E-state index in [1.807, 2.05) is 0 Å². The van der Waals surface area contributed by atoms with Crippen molar-refractivity contribution in [2.75, 3.05) is 5.32 Å². The number of rotatable bonds is 5. The van der Waals surface area contributed by atoms with E-state index < -0.39 is 10.7 Å². The largest absolute Gasteiger partial charge is 0.371 e. The van der Waals surface area contributed by atoms with Gasteiger partial charge in [-0.15, -0.1) is 0 Å². The Kier molecular flexibility index (Phi) is 3.91. The van der Waals surface area contributed by atoms with Gasteiger partial charge in [0.1, 0.15) is 11.5 Å². The van der Waals surface area contributed by atoms with Gasteiger partial charge in [0.2, 0.25) is 11.7 Å². The molecule has 0 aliphatic heterocycles. The number of anilines is 1. The van der Waals surface area contributed by atoms with Gasteiger partial charge in [-0.3, -0.25) is 15.1 Å². The molecule has 0 amide bonds. The molecule has 0 saturated carbocycles. The fraction of sp³-hybridized carbons (Fsp3) is 0.0714. The molecule has 0 aliphatic carbocycles. The van der Waals surface area contributed by atoms with Crippen LogP contribution in [0.3, 0.4) is 0 Å². The van der Waals surface area contributed by atoms with Crippen molar-refractivity contribution in [1.82, 2.24) is 15.1 Å². The number of hydrogen-bond acceptors (Lipinski definition) is 7. The van der Waals surface area contributed by atoms with E-state index in [0.29, 0.717) is 5.82 Å². The van der Waals surface area contributed by atoms with Gasteiger partial charge in [-0.1, -0.05) is 5.16 Å². The quantitative estimate of drug-likeness (QED) is 0.569. The molecule has 0 bridgehead atoms. The van der Waals surface area contributed by atoms with E-state index in [9.17, 15) is 14.5 Å². The van der Waals surface area contributed by atoms with Crippen LogP contribution in [-0.4, -0.2) is 20.0 Å². The molecule has 2 heterocycles. The smallest absolute Gasteiger partial charge is 0.295 e. The molecule has 0 radical (unpaired) electrons. The molecule has 3 rings (SSSR count). The zero-order chi connectivity index (χ0) is 16.2. The van der Waals surface area contributed by atoms with Crippen molar-refractivity contribution >= 4 is 11.4 Å². The van der Waals surface area contributed by atoms with Crippen LogP contribution >= 0.6 is 0 Å². The van der Waals surface area contributed by atoms with Crippen molar-refractivity contribution in [2.24, 2.45) is 0 Å². The van der Waals surface area contributed by atoms with E-state index in [1.54, 1.807) is 24.5 Å². The lowest BCUT2D eigenvalue weighted by Gasteiger charge is -2.04. The van der Waals surface area contributed by atoms with E-state index >= 15 is 0 Å². The first-order chi connectivity index (χ1) is 11.1. The van der Waals surface area contributed by atoms with Gasteiger partial charge in [-0.2, -0.15) is 4.98 Å². The summed E-state index contributed by atoms with van der Waals surface area (Å²) in [7, 11) is 0. The number of hydrogen-bond donors (Lipinski definition) is 1. The van der Waals surface area contributed by atoms with Crippen LogP contribution in [-0.2, 0) is 6.54 Å². The topological polar surface area (TPSA) is 107 Å². The summed E-state index contributed by atoms with van der Waals surface area (Å²) in [6, 6.07) is 6.72. The maximum absolute atomic E-state index is 13.1. The minimum Gasteiger partial charge on any atom is -0.371 e. The second-order valence-corrected chi connectivity index (χ2v) is 4.52. The van der Waals surface area contributed by atoms with E-state index in [0.717, 1.165) is 17.7 Å². The van der Waals surface area contributed by atoms with Crippen molar-refractivity contribution < 1.29 is 13.8 Å². The molecule has 0 unspecified atom stereocenters. The average Bonchev–Trinajstić information content (AvgIpc) is 3.03. The molecule has 0 aliphatic rings. The highest BCUT2D eigenvalue weighted by Gasteiger charge is 2.16. The predicted molar refractivity (Wildman–Crippen MR) is 77.9 cm³/mol. The highest BCUT2D eigenvalue weighted by Crippen LogP contribution is 2.25. The first kappa shape index (κ1) is 14.6. The average molecular weight is 315 g/mol. The van der Waals surface area contributed by atoms with Crippen LogP contribution in [0.5, 0.6) is 0 Å². The highest BCUT2D eigenvalue weighted by atomic mass is 19.1. The fourth-order valence-electron chi connectivity index (χ4n) is 1.92. The second kappa shape index (κ2) is 6.18. The van der Waals surface area contributed by atoms with E-state index in [1.165, 1.54) is 6.07 Å². The number of benzene rings is 1. The van der Waals surface area contributed by atoms with Crippen LogP contribution in [0.25, 0.3) is 11.4 Å². The van der Waals surface area contributed by atoms with Crippen LogP contribution in [0.4, 0.5) is 15.8 Å². The predicted octanol–water partition coefficient (Wildman–Crippen LogP) is 2.79. The van der Waals surface area contributed by atoms with Gasteiger partial charge in [-0.25, -0.2) is 4.39 Å². The minimum absolute atomic E-state index is 0.0740. The first-order valence-corrected chi connectivity index (χ1v) is 6.54. The Hall–Kier alpha value is -3.36. The third kappa shape index (κ3) is 3.28. The molecule has 1 aromatic carbocycles. The summed E-state index contributed by atoms with van der Waals surface area (Å²) < 4.78 is 18.2. The third-order valence-electron chi connectivity index (χ3n) is 2.99. The van der Waals surface area contributed by atoms with Gasteiger partial charge in [0.25, 0.3) is 5.69 Å². The number of aromatic nitrogens is 3. The monoisotopic (exact) mass is 315 g/mol. The number of halogens is 1. The molecule has 23 heavy (non-hydrogen) atoms. The molecule has 0 spiro atoms. The van der Waals surface area contributed by atoms with Crippen LogP contribution in [0, 0.1) is 15.9 Å². The number of nitrogens with one attached hydrogen (secondary N) is 1. The van der Waals surface area contributed by atoms with Crippen molar-refractivity contribution in [1.29, 1.82) is 0 Å². The Morgan fingerprint density at radius 3 is 2.78 bits per heavy atom. The Labute approximate surface area is 129 Å². The SMILES string of the molecule is O=[N+]([O-])c1cc(F)ccc1NCc1nc(-c2ccncc2)no1. The maximum atomic E-state index is 13.1. The van der Waals surface area contributed by atoms with Gasteiger partial charge < -0.3 is 9.84 Å². The standard InChI is InChI=1S/C14H10FN5O3/c15-10-1-2-11(12(7-10)20(21)22)17-8-13-18-14(19-23-13)9-3-5-16-6-4-9/h1-7,17H,8H2. The number of pyridine rings is 1. The van der Waals surface area contributed by atoms with Crippen molar-refractivity contribution in [3.63, 3.8) is 0 Å². The van der Waals surface area contributed by atoms with Gasteiger partial charge in [0.15, 0.2) is 0 Å². The molecule has 3 aromatic rings. The molecule has 0 saturated heterocycles. The van der Waals surface area contributed by atoms with Gasteiger partial charge >= 0.3 is 0 Å². The molecule has 8 nitrogen and oxygen atoms in total. The molecular formula is C14H10FN5O3. The van der Waals surface area contributed by atoms with E-state index in [4.69, 9.17) is 4.52 Å². The summed E-state index contributed by atoms with van der Waals surface area (Å²) in [4.78, 5) is 18.3. The summed E-state index contributed by atoms with van der Waals surface area (Å²) >= 11 is 0. The Bertz CT molecular complexity index is 837. The summed E-state index contributed by atoms with van der Waals surface area (Å²) in [6.07, 6.45) is 3.21. The van der Waals surface area contributed by atoms with Crippen LogP contribution in [0.1, 0.15) is 5.89 Å². The number of nitro groups is 1. The molecule has 1 N–H and O–H groups in total. The molecule has 0 atom stereocenters. The zero-order valence-electron chi connectivity index (χ0n) is 11.6. The summed E-state index contributed by atoms with van der Waals surface area (Å²) in [5, 5.41) is 17.5. The summed E-state index contributed by atoms with van der Waals surface area (Å²) in [5.74, 6) is -0.0479. The van der Waals surface area contributed by atoms with Gasteiger partial charge in [0, 0.05) is 18.0 Å². The fourth-order valence-corrected chi connectivity index (χ4v) is 1.92. The van der Waals surface area contributed by atoms with Crippen LogP contribution in [0.2, 0.25) is 0 Å². The van der Waals surface area contributed by atoms with E-state index in [2.05, 4.69) is 20.4 Å². The van der Waals surface area contributed by atoms with Gasteiger partial charge in [0.05, 0.1) is 17.5 Å². The maximum Gasteiger partial charge on any atom is 0.295 e. The number of nitrogens with zero attached hydrogens (tertiary/aromatic N) is 4.